The number of halogens is 2. The molecule has 0 radical (unpaired) electrons. The fourth-order valence-electron chi connectivity index (χ4n) is 3.68. The molecule has 1 aliphatic rings. The zero-order valence-corrected chi connectivity index (χ0v) is 20.5. The minimum atomic E-state index is -3.14. The molecular weight excluding hydrogens is 539 g/mol. The predicted octanol–water partition coefficient (Wildman–Crippen LogP) is 5.90. The first-order valence-corrected chi connectivity index (χ1v) is 12.3. The van der Waals surface area contributed by atoms with Crippen molar-refractivity contribution in [2.75, 3.05) is 17.9 Å². The van der Waals surface area contributed by atoms with Crippen LogP contribution in [0, 0.1) is 3.57 Å². The Morgan fingerprint density at radius 3 is 2.53 bits per heavy atom. The smallest absolute Gasteiger partial charge is 0.303 e. The van der Waals surface area contributed by atoms with Gasteiger partial charge in [-0.05, 0) is 71.3 Å². The van der Waals surface area contributed by atoms with Gasteiger partial charge in [-0.25, -0.2) is 0 Å². The van der Waals surface area contributed by atoms with Crippen molar-refractivity contribution >= 4 is 57.4 Å². The fraction of sp³-hybridized carbons (Fsp3) is 0.381. The van der Waals surface area contributed by atoms with Crippen LogP contribution in [0.25, 0.3) is 0 Å². The Hall–Kier alpha value is -1.04. The molecule has 2 aromatic rings. The molecule has 2 aromatic carbocycles. The van der Waals surface area contributed by atoms with Gasteiger partial charge < -0.3 is 10.4 Å². The summed E-state index contributed by atoms with van der Waals surface area (Å²) in [7, 11) is -1.42. The topological polar surface area (TPSA) is 93.0 Å². The van der Waals surface area contributed by atoms with Crippen LogP contribution >= 0.6 is 45.8 Å². The van der Waals surface area contributed by atoms with Gasteiger partial charge in [0.05, 0.1) is 16.6 Å². The zero-order valence-electron chi connectivity index (χ0n) is 16.8. The van der Waals surface area contributed by atoms with Crippen LogP contribution in [0.2, 0.25) is 0 Å². The highest BCUT2D eigenvalue weighted by atomic mass is 127. The number of unbranched alkanes of at least 4 members (excludes halogenated alkanes) is 3. The van der Waals surface area contributed by atoms with Gasteiger partial charge >= 0.3 is 5.97 Å². The summed E-state index contributed by atoms with van der Waals surface area (Å²) >= 11 is 2.19. The first-order chi connectivity index (χ1) is 13.8. The molecule has 1 aliphatic heterocycles. The van der Waals surface area contributed by atoms with Crippen LogP contribution < -0.4 is 9.62 Å². The molecule has 0 amide bonds. The number of anilines is 1. The molecule has 0 saturated carbocycles. The number of aliphatic carboxylic acids is 1. The van der Waals surface area contributed by atoms with Crippen molar-refractivity contribution in [1.82, 2.24) is 5.32 Å². The van der Waals surface area contributed by atoms with E-state index in [9.17, 15) is 13.9 Å². The van der Waals surface area contributed by atoms with E-state index in [4.69, 9.17) is 5.11 Å². The average Bonchev–Trinajstić information content (AvgIpc) is 2.75. The van der Waals surface area contributed by atoms with E-state index >= 15 is 0 Å². The molecule has 0 aromatic heterocycles. The molecule has 0 spiro atoms. The van der Waals surface area contributed by atoms with Gasteiger partial charge in [0.25, 0.3) is 0 Å². The maximum atomic E-state index is 11.1. The quantitative estimate of drug-likeness (QED) is 0.235. The van der Waals surface area contributed by atoms with Gasteiger partial charge in [0.2, 0.25) is 0 Å². The SMILES string of the molecule is CN1c2ccccc2C(NCCCCCCC(=O)O)c2ccc(I)cc2S1(O)O.Cl. The molecule has 1 heterocycles. The number of hydrogen-bond acceptors (Lipinski definition) is 5. The summed E-state index contributed by atoms with van der Waals surface area (Å²) in [6.07, 6.45) is 3.72. The van der Waals surface area contributed by atoms with Crippen molar-refractivity contribution in [2.45, 2.75) is 43.0 Å². The normalized spacial score (nSPS) is 17.9. The van der Waals surface area contributed by atoms with Crippen molar-refractivity contribution in [3.8, 4) is 0 Å². The number of para-hydroxylation sites is 1. The molecule has 30 heavy (non-hydrogen) atoms. The lowest BCUT2D eigenvalue weighted by atomic mass is 9.96. The summed E-state index contributed by atoms with van der Waals surface area (Å²) in [6, 6.07) is 13.5. The Balaban J connectivity index is 0.00000320. The molecule has 166 valence electrons. The molecule has 0 fully saturated rings. The molecule has 0 bridgehead atoms. The van der Waals surface area contributed by atoms with E-state index in [0.29, 0.717) is 11.3 Å². The molecule has 3 rings (SSSR count). The maximum Gasteiger partial charge on any atom is 0.303 e. The number of fused-ring (bicyclic) bond motifs is 2. The summed E-state index contributed by atoms with van der Waals surface area (Å²) in [5.74, 6) is -0.743. The fourth-order valence-corrected chi connectivity index (χ4v) is 5.90. The van der Waals surface area contributed by atoms with E-state index in [0.717, 1.165) is 46.2 Å². The lowest BCUT2D eigenvalue weighted by Gasteiger charge is -2.41. The number of hydrogen-bond donors (Lipinski definition) is 4. The highest BCUT2D eigenvalue weighted by molar-refractivity contribution is 14.1. The van der Waals surface area contributed by atoms with Crippen LogP contribution in [0.3, 0.4) is 0 Å². The van der Waals surface area contributed by atoms with E-state index in [-0.39, 0.29) is 24.9 Å². The minimum Gasteiger partial charge on any atom is -0.481 e. The van der Waals surface area contributed by atoms with E-state index in [1.807, 2.05) is 42.5 Å². The largest absolute Gasteiger partial charge is 0.481 e. The Morgan fingerprint density at radius 1 is 1.10 bits per heavy atom. The minimum absolute atomic E-state index is 0. The molecule has 1 unspecified atom stereocenters. The highest BCUT2D eigenvalue weighted by Gasteiger charge is 2.35. The van der Waals surface area contributed by atoms with Crippen LogP contribution in [-0.2, 0) is 4.79 Å². The van der Waals surface area contributed by atoms with Gasteiger partial charge in [0.1, 0.15) is 0 Å². The summed E-state index contributed by atoms with van der Waals surface area (Å²) in [4.78, 5) is 11.2. The predicted molar refractivity (Wildman–Crippen MR) is 133 cm³/mol. The van der Waals surface area contributed by atoms with E-state index in [1.165, 1.54) is 0 Å². The molecular formula is C21H28ClIN2O4S. The maximum absolute atomic E-state index is 11.1. The summed E-state index contributed by atoms with van der Waals surface area (Å²) in [5.41, 5.74) is 2.70. The molecule has 6 nitrogen and oxygen atoms in total. The second-order valence-corrected chi connectivity index (χ2v) is 10.5. The summed E-state index contributed by atoms with van der Waals surface area (Å²) < 4.78 is 24.7. The first-order valence-electron chi connectivity index (χ1n) is 9.68. The van der Waals surface area contributed by atoms with Gasteiger partial charge in [-0.3, -0.25) is 18.2 Å². The number of rotatable bonds is 8. The van der Waals surface area contributed by atoms with Crippen LogP contribution in [0.1, 0.15) is 49.3 Å². The Morgan fingerprint density at radius 2 is 1.80 bits per heavy atom. The number of benzene rings is 2. The first kappa shape index (κ1) is 25.2. The van der Waals surface area contributed by atoms with Crippen LogP contribution in [0.5, 0.6) is 0 Å². The average molecular weight is 567 g/mol. The van der Waals surface area contributed by atoms with Crippen molar-refractivity contribution in [2.24, 2.45) is 0 Å². The van der Waals surface area contributed by atoms with Crippen LogP contribution in [-0.4, -0.2) is 33.8 Å². The van der Waals surface area contributed by atoms with Crippen molar-refractivity contribution in [3.05, 3.63) is 57.2 Å². The molecule has 0 saturated heterocycles. The third kappa shape index (κ3) is 5.60. The van der Waals surface area contributed by atoms with Crippen molar-refractivity contribution < 1.29 is 19.0 Å². The van der Waals surface area contributed by atoms with E-state index in [2.05, 4.69) is 27.9 Å². The summed E-state index contributed by atoms with van der Waals surface area (Å²) in [6.45, 7) is 0.764. The van der Waals surface area contributed by atoms with Crippen molar-refractivity contribution in [3.63, 3.8) is 0 Å². The lowest BCUT2D eigenvalue weighted by molar-refractivity contribution is -0.137. The molecule has 9 heteroatoms. The van der Waals surface area contributed by atoms with E-state index in [1.54, 1.807) is 11.4 Å². The monoisotopic (exact) mass is 566 g/mol. The molecule has 1 atom stereocenters. The highest BCUT2D eigenvalue weighted by Crippen LogP contribution is 2.59. The number of carboxylic acids is 1. The van der Waals surface area contributed by atoms with Gasteiger partial charge in [-0.15, -0.1) is 12.4 Å². The lowest BCUT2D eigenvalue weighted by Crippen LogP contribution is -2.24. The van der Waals surface area contributed by atoms with Crippen LogP contribution in [0.15, 0.2) is 47.4 Å². The van der Waals surface area contributed by atoms with Gasteiger partial charge in [0, 0.05) is 17.0 Å². The molecule has 4 N–H and O–H groups in total. The number of carbonyl (C=O) groups is 1. The van der Waals surface area contributed by atoms with E-state index < -0.39 is 16.7 Å². The number of nitrogens with one attached hydrogen (secondary N) is 1. The van der Waals surface area contributed by atoms with Gasteiger partial charge in [0.15, 0.2) is 0 Å². The Kier molecular flexibility index (Phi) is 9.26. The van der Waals surface area contributed by atoms with Gasteiger partial charge in [-0.2, -0.15) is 0 Å². The molecule has 0 aliphatic carbocycles. The number of carboxylic acid groups (broad SMARTS) is 1. The third-order valence-electron chi connectivity index (χ3n) is 5.22. The number of nitrogens with zero attached hydrogens (tertiary/aromatic N) is 1. The third-order valence-corrected chi connectivity index (χ3v) is 7.79. The van der Waals surface area contributed by atoms with Gasteiger partial charge in [-0.1, -0.05) is 47.9 Å². The standard InChI is InChI=1S/C21H27IN2O4S.ClH/c1-24-18-9-6-5-8-16(18)21(23-13-7-3-2-4-10-20(25)26)17-12-11-15(22)14-19(17)29(24,27)28;/h5-6,8-9,11-12,14,21,23,27-28H,2-4,7,10,13H2,1H3,(H,25,26);1H. The van der Waals surface area contributed by atoms with Crippen LogP contribution in [0.4, 0.5) is 5.69 Å². The second-order valence-electron chi connectivity index (χ2n) is 7.20. The van der Waals surface area contributed by atoms with Crippen molar-refractivity contribution in [1.29, 1.82) is 0 Å². The second kappa shape index (κ2) is 11.0. The Bertz CT molecular complexity index is 884. The summed E-state index contributed by atoms with van der Waals surface area (Å²) in [5, 5.41) is 12.3. The Labute approximate surface area is 199 Å². The zero-order chi connectivity index (χ0) is 21.0.